The zero-order valence-corrected chi connectivity index (χ0v) is 23.1. The number of para-hydroxylation sites is 2. The molecule has 206 valence electrons. The fourth-order valence-corrected chi connectivity index (χ4v) is 5.00. The quantitative estimate of drug-likeness (QED) is 0.177. The Morgan fingerprint density at radius 3 is 2.33 bits per heavy atom. The molecule has 0 saturated carbocycles. The van der Waals surface area contributed by atoms with Gasteiger partial charge in [-0.05, 0) is 68.8 Å². The van der Waals surface area contributed by atoms with Crippen LogP contribution in [-0.4, -0.2) is 46.9 Å². The SMILES string of the molecule is C=CCOc1ccc(/C=N\NC(=O)CN(c2ccccc2OCC)S(=O)(=O)c2ccc(C)cc2)cc1OCC. The van der Waals surface area contributed by atoms with E-state index in [2.05, 4.69) is 17.1 Å². The average Bonchev–Trinajstić information content (AvgIpc) is 2.92. The number of carbonyl (C=O) groups is 1. The number of carbonyl (C=O) groups excluding carboxylic acids is 1. The van der Waals surface area contributed by atoms with Crippen LogP contribution in [0.5, 0.6) is 17.2 Å². The minimum absolute atomic E-state index is 0.0536. The van der Waals surface area contributed by atoms with Crippen LogP contribution in [-0.2, 0) is 14.8 Å². The number of nitrogens with one attached hydrogen (secondary N) is 1. The molecular formula is C29H33N3O6S. The average molecular weight is 552 g/mol. The van der Waals surface area contributed by atoms with Crippen molar-refractivity contribution in [2.45, 2.75) is 25.7 Å². The van der Waals surface area contributed by atoms with Crippen LogP contribution in [0.1, 0.15) is 25.0 Å². The molecule has 1 N–H and O–H groups in total. The zero-order valence-electron chi connectivity index (χ0n) is 22.3. The number of amides is 1. The topological polar surface area (TPSA) is 107 Å². The Morgan fingerprint density at radius 1 is 0.949 bits per heavy atom. The van der Waals surface area contributed by atoms with Crippen LogP contribution in [0.25, 0.3) is 0 Å². The molecule has 0 radical (unpaired) electrons. The van der Waals surface area contributed by atoms with Gasteiger partial charge in [0, 0.05) is 0 Å². The largest absolute Gasteiger partial charge is 0.492 e. The summed E-state index contributed by atoms with van der Waals surface area (Å²) in [7, 11) is -4.11. The zero-order chi connectivity index (χ0) is 28.3. The number of benzene rings is 3. The van der Waals surface area contributed by atoms with E-state index in [1.165, 1.54) is 18.3 Å². The van der Waals surface area contributed by atoms with Crippen LogP contribution in [0.15, 0.2) is 89.4 Å². The molecular weight excluding hydrogens is 518 g/mol. The number of anilines is 1. The molecule has 0 unspecified atom stereocenters. The van der Waals surface area contributed by atoms with E-state index in [-0.39, 0.29) is 10.6 Å². The lowest BCUT2D eigenvalue weighted by molar-refractivity contribution is -0.119. The first-order valence-electron chi connectivity index (χ1n) is 12.4. The molecule has 0 bridgehead atoms. The summed E-state index contributed by atoms with van der Waals surface area (Å²) in [4.78, 5) is 13.0. The fraction of sp³-hybridized carbons (Fsp3) is 0.241. The monoisotopic (exact) mass is 551 g/mol. The van der Waals surface area contributed by atoms with Gasteiger partial charge in [-0.25, -0.2) is 13.8 Å². The lowest BCUT2D eigenvalue weighted by Gasteiger charge is -2.25. The molecule has 1 amide bonds. The van der Waals surface area contributed by atoms with Gasteiger partial charge in [-0.1, -0.05) is 42.5 Å². The van der Waals surface area contributed by atoms with Crippen LogP contribution in [0.3, 0.4) is 0 Å². The Hall–Kier alpha value is -4.31. The summed E-state index contributed by atoms with van der Waals surface area (Å²) in [6, 6.07) is 18.3. The molecule has 0 saturated heterocycles. The van der Waals surface area contributed by atoms with Gasteiger partial charge in [0.25, 0.3) is 15.9 Å². The summed E-state index contributed by atoms with van der Waals surface area (Å²) in [5.74, 6) is 0.791. The van der Waals surface area contributed by atoms with E-state index < -0.39 is 22.5 Å². The van der Waals surface area contributed by atoms with Gasteiger partial charge < -0.3 is 14.2 Å². The summed E-state index contributed by atoms with van der Waals surface area (Å²) in [6.45, 7) is 9.74. The second kappa shape index (κ2) is 14.0. The van der Waals surface area contributed by atoms with E-state index in [9.17, 15) is 13.2 Å². The van der Waals surface area contributed by atoms with Crippen molar-refractivity contribution in [3.63, 3.8) is 0 Å². The molecule has 3 aromatic carbocycles. The first-order chi connectivity index (χ1) is 18.8. The Kier molecular flexibility index (Phi) is 10.5. The number of ether oxygens (including phenoxy) is 3. The molecule has 10 heteroatoms. The van der Waals surface area contributed by atoms with Crippen LogP contribution >= 0.6 is 0 Å². The van der Waals surface area contributed by atoms with Crippen molar-refractivity contribution in [1.29, 1.82) is 0 Å². The maximum Gasteiger partial charge on any atom is 0.264 e. The number of hydrogen-bond acceptors (Lipinski definition) is 7. The van der Waals surface area contributed by atoms with Crippen LogP contribution in [0, 0.1) is 6.92 Å². The van der Waals surface area contributed by atoms with Gasteiger partial charge >= 0.3 is 0 Å². The maximum atomic E-state index is 13.7. The lowest BCUT2D eigenvalue weighted by atomic mass is 10.2. The van der Waals surface area contributed by atoms with Gasteiger partial charge in [-0.15, -0.1) is 0 Å². The third-order valence-electron chi connectivity index (χ3n) is 5.36. The molecule has 0 aliphatic heterocycles. The van der Waals surface area contributed by atoms with Crippen LogP contribution in [0.2, 0.25) is 0 Å². The third kappa shape index (κ3) is 7.84. The fourth-order valence-electron chi connectivity index (χ4n) is 3.56. The molecule has 0 fully saturated rings. The molecule has 3 rings (SSSR count). The molecule has 9 nitrogen and oxygen atoms in total. The Balaban J connectivity index is 1.84. The van der Waals surface area contributed by atoms with E-state index >= 15 is 0 Å². The summed E-state index contributed by atoms with van der Waals surface area (Å²) in [5, 5.41) is 4.02. The first kappa shape index (κ1) is 29.2. The number of rotatable bonds is 14. The number of nitrogens with zero attached hydrogens (tertiary/aromatic N) is 2. The summed E-state index contributed by atoms with van der Waals surface area (Å²) >= 11 is 0. The second-order valence-electron chi connectivity index (χ2n) is 8.26. The number of sulfonamides is 1. The van der Waals surface area contributed by atoms with Crippen molar-refractivity contribution in [3.8, 4) is 17.2 Å². The molecule has 0 aromatic heterocycles. The Bertz CT molecular complexity index is 1400. The van der Waals surface area contributed by atoms with Crippen molar-refractivity contribution < 1.29 is 27.4 Å². The molecule has 0 aliphatic carbocycles. The number of hydrogen-bond donors (Lipinski definition) is 1. The van der Waals surface area contributed by atoms with Gasteiger partial charge in [0.05, 0.1) is 30.0 Å². The second-order valence-corrected chi connectivity index (χ2v) is 10.1. The predicted octanol–water partition coefficient (Wildman–Crippen LogP) is 4.70. The highest BCUT2D eigenvalue weighted by Gasteiger charge is 2.29. The standard InChI is InChI=1S/C29H33N3O6S/c1-5-18-38-27-17-14-23(19-28(27)37-7-3)20-30-31-29(33)21-32(25-10-8-9-11-26(25)36-6-2)39(34,35)24-15-12-22(4)13-16-24/h5,8-17,19-20H,1,6-7,18,21H2,2-4H3,(H,31,33)/b30-20-. The highest BCUT2D eigenvalue weighted by Crippen LogP contribution is 2.32. The predicted molar refractivity (Wildman–Crippen MR) is 152 cm³/mol. The summed E-state index contributed by atoms with van der Waals surface area (Å²) < 4.78 is 45.2. The molecule has 0 heterocycles. The normalized spacial score (nSPS) is 11.2. The van der Waals surface area contributed by atoms with Gasteiger partial charge in [-0.3, -0.25) is 9.10 Å². The third-order valence-corrected chi connectivity index (χ3v) is 7.13. The smallest absolute Gasteiger partial charge is 0.264 e. The molecule has 0 spiro atoms. The van der Waals surface area contributed by atoms with E-state index in [0.29, 0.717) is 42.6 Å². The van der Waals surface area contributed by atoms with Crippen LogP contribution < -0.4 is 23.9 Å². The molecule has 39 heavy (non-hydrogen) atoms. The van der Waals surface area contributed by atoms with Gasteiger partial charge in [-0.2, -0.15) is 5.10 Å². The van der Waals surface area contributed by atoms with E-state index in [1.807, 2.05) is 13.8 Å². The molecule has 0 atom stereocenters. The van der Waals surface area contributed by atoms with Crippen molar-refractivity contribution in [2.24, 2.45) is 5.10 Å². The Labute approximate surface area is 229 Å². The highest BCUT2D eigenvalue weighted by atomic mass is 32.2. The molecule has 3 aromatic rings. The van der Waals surface area contributed by atoms with Crippen molar-refractivity contribution >= 4 is 27.8 Å². The number of aryl methyl sites for hydroxylation is 1. The van der Waals surface area contributed by atoms with E-state index in [4.69, 9.17) is 14.2 Å². The first-order valence-corrected chi connectivity index (χ1v) is 13.9. The van der Waals surface area contributed by atoms with Crippen molar-refractivity contribution in [1.82, 2.24) is 5.43 Å². The van der Waals surface area contributed by atoms with E-state index in [0.717, 1.165) is 9.87 Å². The van der Waals surface area contributed by atoms with Crippen molar-refractivity contribution in [2.75, 3.05) is 30.7 Å². The van der Waals surface area contributed by atoms with Crippen molar-refractivity contribution in [3.05, 3.63) is 90.5 Å². The highest BCUT2D eigenvalue weighted by molar-refractivity contribution is 7.92. The minimum atomic E-state index is -4.11. The number of hydrazone groups is 1. The van der Waals surface area contributed by atoms with Crippen LogP contribution in [0.4, 0.5) is 5.69 Å². The van der Waals surface area contributed by atoms with E-state index in [1.54, 1.807) is 67.6 Å². The summed E-state index contributed by atoms with van der Waals surface area (Å²) in [6.07, 6.45) is 3.07. The van der Waals surface area contributed by atoms with Gasteiger partial charge in [0.15, 0.2) is 11.5 Å². The molecule has 0 aliphatic rings. The minimum Gasteiger partial charge on any atom is -0.492 e. The lowest BCUT2D eigenvalue weighted by Crippen LogP contribution is -2.39. The van der Waals surface area contributed by atoms with Gasteiger partial charge in [0.1, 0.15) is 18.9 Å². The maximum absolute atomic E-state index is 13.7. The Morgan fingerprint density at radius 2 is 1.64 bits per heavy atom. The van der Waals surface area contributed by atoms with Gasteiger partial charge in [0.2, 0.25) is 0 Å². The summed E-state index contributed by atoms with van der Waals surface area (Å²) in [5.41, 5.74) is 4.22.